The molecule has 1 fully saturated rings. The van der Waals surface area contributed by atoms with Crippen LogP contribution < -0.4 is 20.1 Å². The second-order valence-electron chi connectivity index (χ2n) is 10.8. The van der Waals surface area contributed by atoms with Gasteiger partial charge in [-0.1, -0.05) is 26.8 Å². The van der Waals surface area contributed by atoms with E-state index in [1.807, 2.05) is 25.1 Å². The van der Waals surface area contributed by atoms with E-state index in [1.165, 1.54) is 18.2 Å². The SMILES string of the molecule is Cc1cc(OCC(C)C)cc(-c2ccc(C(=O)NS(=O)(=O)c3cccc(N)n3)c(N3CC(C)CCC3C)n2)c1. The topological polar surface area (TPSA) is 128 Å². The fraction of sp³-hybridized carbons (Fsp3) is 0.414. The number of nitrogens with two attached hydrogens (primary N) is 1. The van der Waals surface area contributed by atoms with Gasteiger partial charge in [0.25, 0.3) is 15.9 Å². The number of nitrogen functional groups attached to an aromatic ring is 1. The summed E-state index contributed by atoms with van der Waals surface area (Å²) >= 11 is 0. The summed E-state index contributed by atoms with van der Waals surface area (Å²) in [7, 11) is -4.24. The van der Waals surface area contributed by atoms with Gasteiger partial charge in [-0.3, -0.25) is 4.79 Å². The molecule has 0 radical (unpaired) electrons. The van der Waals surface area contributed by atoms with Crippen molar-refractivity contribution < 1.29 is 17.9 Å². The molecule has 2 aromatic heterocycles. The third kappa shape index (κ3) is 6.86. The van der Waals surface area contributed by atoms with E-state index in [0.29, 0.717) is 36.5 Å². The molecular weight excluding hydrogens is 514 g/mol. The second-order valence-corrected chi connectivity index (χ2v) is 12.5. The summed E-state index contributed by atoms with van der Waals surface area (Å²) in [6.45, 7) is 11.8. The van der Waals surface area contributed by atoms with Crippen LogP contribution in [0.2, 0.25) is 0 Å². The Bertz CT molecular complexity index is 1460. The first-order valence-corrected chi connectivity index (χ1v) is 14.7. The van der Waals surface area contributed by atoms with Crippen LogP contribution in [0, 0.1) is 18.8 Å². The van der Waals surface area contributed by atoms with E-state index < -0.39 is 15.9 Å². The maximum absolute atomic E-state index is 13.4. The number of amides is 1. The first-order valence-electron chi connectivity index (χ1n) is 13.2. The smallest absolute Gasteiger partial charge is 0.281 e. The third-order valence-corrected chi connectivity index (χ3v) is 7.92. The molecule has 10 heteroatoms. The molecule has 0 saturated carbocycles. The molecule has 3 aromatic rings. The number of ether oxygens (including phenoxy) is 1. The van der Waals surface area contributed by atoms with Crippen molar-refractivity contribution in [2.24, 2.45) is 11.8 Å². The minimum Gasteiger partial charge on any atom is -0.493 e. The van der Waals surface area contributed by atoms with Crippen LogP contribution in [0.25, 0.3) is 11.3 Å². The average Bonchev–Trinajstić information content (AvgIpc) is 2.88. The van der Waals surface area contributed by atoms with E-state index in [1.54, 1.807) is 12.1 Å². The van der Waals surface area contributed by atoms with Gasteiger partial charge in [0.05, 0.1) is 17.9 Å². The number of sulfonamides is 1. The van der Waals surface area contributed by atoms with Gasteiger partial charge in [0, 0.05) is 18.2 Å². The zero-order valence-corrected chi connectivity index (χ0v) is 24.0. The fourth-order valence-corrected chi connectivity index (χ4v) is 5.58. The molecule has 2 unspecified atom stereocenters. The average molecular weight is 552 g/mol. The predicted octanol–water partition coefficient (Wildman–Crippen LogP) is 4.81. The Kier molecular flexibility index (Phi) is 8.44. The number of carbonyl (C=O) groups is 1. The Hall–Kier alpha value is -3.66. The third-order valence-electron chi connectivity index (χ3n) is 6.69. The lowest BCUT2D eigenvalue weighted by molar-refractivity contribution is 0.0981. The zero-order chi connectivity index (χ0) is 28.3. The van der Waals surface area contributed by atoms with Crippen LogP contribution >= 0.6 is 0 Å². The molecule has 208 valence electrons. The standard InChI is InChI=1S/C29H37N5O4S/c1-18(2)17-38-23-14-20(4)13-22(15-23)25-12-11-24(28(31-25)34-16-19(3)9-10-21(34)5)29(35)33-39(36,37)27-8-6-7-26(30)32-27/h6-8,11-15,18-19,21H,9-10,16-17H2,1-5H3,(H2,30,32)(H,33,35). The van der Waals surface area contributed by atoms with Gasteiger partial charge in [-0.2, -0.15) is 8.42 Å². The minimum absolute atomic E-state index is 0.0445. The molecule has 39 heavy (non-hydrogen) atoms. The second kappa shape index (κ2) is 11.6. The number of nitrogens with zero attached hydrogens (tertiary/aromatic N) is 3. The molecule has 3 N–H and O–H groups in total. The number of carbonyl (C=O) groups excluding carboxylic acids is 1. The molecule has 9 nitrogen and oxygen atoms in total. The lowest BCUT2D eigenvalue weighted by Gasteiger charge is -2.38. The molecule has 1 aliphatic rings. The fourth-order valence-electron chi connectivity index (χ4n) is 4.64. The maximum Gasteiger partial charge on any atom is 0.281 e. The largest absolute Gasteiger partial charge is 0.493 e. The maximum atomic E-state index is 13.4. The Morgan fingerprint density at radius 3 is 2.62 bits per heavy atom. The predicted molar refractivity (Wildman–Crippen MR) is 153 cm³/mol. The molecule has 0 bridgehead atoms. The number of pyridine rings is 2. The van der Waals surface area contributed by atoms with Crippen molar-refractivity contribution in [2.75, 3.05) is 23.8 Å². The molecular formula is C29H37N5O4S. The van der Waals surface area contributed by atoms with E-state index in [9.17, 15) is 13.2 Å². The molecule has 0 spiro atoms. The summed E-state index contributed by atoms with van der Waals surface area (Å²) < 4.78 is 34.0. The van der Waals surface area contributed by atoms with Crippen molar-refractivity contribution in [2.45, 2.75) is 58.5 Å². The van der Waals surface area contributed by atoms with Gasteiger partial charge < -0.3 is 15.4 Å². The van der Waals surface area contributed by atoms with Crippen LogP contribution in [0.15, 0.2) is 53.6 Å². The molecule has 1 amide bonds. The van der Waals surface area contributed by atoms with Crippen LogP contribution in [0.4, 0.5) is 11.6 Å². The number of hydrogen-bond donors (Lipinski definition) is 2. The van der Waals surface area contributed by atoms with Crippen LogP contribution in [0.5, 0.6) is 5.75 Å². The van der Waals surface area contributed by atoms with Gasteiger partial charge in [-0.15, -0.1) is 0 Å². The van der Waals surface area contributed by atoms with Crippen LogP contribution in [-0.2, 0) is 10.0 Å². The number of nitrogens with one attached hydrogen (secondary N) is 1. The number of aromatic nitrogens is 2. The lowest BCUT2D eigenvalue weighted by atomic mass is 9.94. The van der Waals surface area contributed by atoms with E-state index in [2.05, 4.69) is 42.3 Å². The molecule has 3 heterocycles. The van der Waals surface area contributed by atoms with Gasteiger partial charge >= 0.3 is 0 Å². The lowest BCUT2D eigenvalue weighted by Crippen LogP contribution is -2.43. The van der Waals surface area contributed by atoms with E-state index >= 15 is 0 Å². The van der Waals surface area contributed by atoms with Crippen molar-refractivity contribution >= 4 is 27.6 Å². The van der Waals surface area contributed by atoms with Crippen molar-refractivity contribution in [3.63, 3.8) is 0 Å². The summed E-state index contributed by atoms with van der Waals surface area (Å²) in [5.74, 6) is 1.26. The van der Waals surface area contributed by atoms with Gasteiger partial charge in [-0.05, 0) is 86.6 Å². The summed E-state index contributed by atoms with van der Waals surface area (Å²) in [4.78, 5) is 24.3. The Balaban J connectivity index is 1.75. The molecule has 1 aliphatic heterocycles. The van der Waals surface area contributed by atoms with Crippen LogP contribution in [0.1, 0.15) is 56.5 Å². The highest BCUT2D eigenvalue weighted by Gasteiger charge is 2.30. The highest BCUT2D eigenvalue weighted by atomic mass is 32.2. The number of hydrogen-bond acceptors (Lipinski definition) is 8. The van der Waals surface area contributed by atoms with Gasteiger partial charge in [0.15, 0.2) is 5.03 Å². The highest BCUT2D eigenvalue weighted by Crippen LogP contribution is 2.33. The summed E-state index contributed by atoms with van der Waals surface area (Å²) in [5, 5.41) is -0.323. The monoisotopic (exact) mass is 551 g/mol. The van der Waals surface area contributed by atoms with Crippen molar-refractivity contribution in [1.29, 1.82) is 0 Å². The number of benzene rings is 1. The quantitative estimate of drug-likeness (QED) is 0.408. The highest BCUT2D eigenvalue weighted by molar-refractivity contribution is 7.90. The summed E-state index contributed by atoms with van der Waals surface area (Å²) in [6, 6.07) is 13.7. The molecule has 1 aromatic carbocycles. The van der Waals surface area contributed by atoms with Crippen molar-refractivity contribution in [3.8, 4) is 17.0 Å². The Morgan fingerprint density at radius 1 is 1.13 bits per heavy atom. The zero-order valence-electron chi connectivity index (χ0n) is 23.1. The van der Waals surface area contributed by atoms with E-state index in [4.69, 9.17) is 15.5 Å². The summed E-state index contributed by atoms with van der Waals surface area (Å²) in [5.41, 5.74) is 8.39. The number of piperidine rings is 1. The minimum atomic E-state index is -4.24. The first kappa shape index (κ1) is 28.4. The Labute approximate surface area is 230 Å². The molecule has 2 atom stereocenters. The number of anilines is 2. The van der Waals surface area contributed by atoms with Gasteiger partial charge in [0.2, 0.25) is 0 Å². The Morgan fingerprint density at radius 2 is 1.90 bits per heavy atom. The normalized spacial score (nSPS) is 17.7. The van der Waals surface area contributed by atoms with Crippen molar-refractivity contribution in [1.82, 2.24) is 14.7 Å². The number of aryl methyl sites for hydroxylation is 1. The molecule has 0 aliphatic carbocycles. The van der Waals surface area contributed by atoms with Crippen LogP contribution in [-0.4, -0.2) is 43.5 Å². The van der Waals surface area contributed by atoms with E-state index in [-0.39, 0.29) is 22.4 Å². The van der Waals surface area contributed by atoms with Gasteiger partial charge in [0.1, 0.15) is 17.4 Å². The van der Waals surface area contributed by atoms with Crippen molar-refractivity contribution in [3.05, 3.63) is 59.7 Å². The van der Waals surface area contributed by atoms with Gasteiger partial charge in [-0.25, -0.2) is 14.7 Å². The number of rotatable bonds is 8. The molecule has 1 saturated heterocycles. The van der Waals surface area contributed by atoms with E-state index in [0.717, 1.165) is 29.7 Å². The van der Waals surface area contributed by atoms with Crippen LogP contribution in [0.3, 0.4) is 0 Å². The first-order chi connectivity index (χ1) is 18.4. The molecule has 4 rings (SSSR count). The summed E-state index contributed by atoms with van der Waals surface area (Å²) in [6.07, 6.45) is 2.01.